The van der Waals surface area contributed by atoms with Crippen molar-refractivity contribution in [1.82, 2.24) is 4.57 Å². The van der Waals surface area contributed by atoms with Gasteiger partial charge in [0.1, 0.15) is 5.60 Å². The van der Waals surface area contributed by atoms with E-state index >= 15 is 0 Å². The van der Waals surface area contributed by atoms with Crippen LogP contribution in [-0.2, 0) is 30.3 Å². The summed E-state index contributed by atoms with van der Waals surface area (Å²) in [4.78, 5) is 25.9. The fourth-order valence-electron chi connectivity index (χ4n) is 6.63. The first-order valence-corrected chi connectivity index (χ1v) is 11.7. The summed E-state index contributed by atoms with van der Waals surface area (Å²) in [6, 6.07) is 0. The van der Waals surface area contributed by atoms with Gasteiger partial charge in [0.25, 0.3) is 0 Å². The molecule has 0 aromatic carbocycles. The summed E-state index contributed by atoms with van der Waals surface area (Å²) in [6.45, 7) is 7.64. The number of hydrogen-bond acceptors (Lipinski definition) is 7. The summed E-state index contributed by atoms with van der Waals surface area (Å²) in [6.07, 6.45) is 4.13. The first kappa shape index (κ1) is 23.0. The van der Waals surface area contributed by atoms with Crippen LogP contribution < -0.4 is 0 Å². The molecule has 0 amide bonds. The Hall–Kier alpha value is -2.22. The van der Waals surface area contributed by atoms with Crippen LogP contribution in [0, 0.1) is 31.1 Å². The van der Waals surface area contributed by atoms with Crippen LogP contribution in [0.2, 0.25) is 0 Å². The zero-order valence-corrected chi connectivity index (χ0v) is 19.5. The monoisotopic (exact) mass is 449 g/mol. The fourth-order valence-corrected chi connectivity index (χ4v) is 6.63. The van der Waals surface area contributed by atoms with Crippen molar-refractivity contribution in [2.75, 3.05) is 6.61 Å². The van der Waals surface area contributed by atoms with Crippen LogP contribution in [0.15, 0.2) is 0 Å². The van der Waals surface area contributed by atoms with Gasteiger partial charge < -0.3 is 24.4 Å². The molecule has 4 aliphatic rings. The Kier molecular flexibility index (Phi) is 5.94. The minimum atomic E-state index is -0.637. The van der Waals surface area contributed by atoms with Gasteiger partial charge in [-0.15, -0.1) is 0 Å². The highest BCUT2D eigenvalue weighted by atomic mass is 16.7. The minimum Gasteiger partial charge on any atom is -0.494 e. The summed E-state index contributed by atoms with van der Waals surface area (Å²) >= 11 is 0. The minimum absolute atomic E-state index is 0.0323. The van der Waals surface area contributed by atoms with Crippen molar-refractivity contribution in [3.63, 3.8) is 0 Å². The lowest BCUT2D eigenvalue weighted by Crippen LogP contribution is -2.60. The van der Waals surface area contributed by atoms with Crippen molar-refractivity contribution in [2.24, 2.45) is 17.3 Å². The van der Waals surface area contributed by atoms with E-state index in [9.17, 15) is 19.8 Å². The SMILES string of the molecule is CCOC(C)OC(=O)C12CC3CC(CC(OC(=O)CCn4c(O)c(C)c(C)c4O)(C3)C1)C2. The molecule has 0 radical (unpaired) electrons. The molecule has 8 nitrogen and oxygen atoms in total. The summed E-state index contributed by atoms with van der Waals surface area (Å²) in [5, 5.41) is 20.4. The van der Waals surface area contributed by atoms with Gasteiger partial charge in [-0.05, 0) is 71.6 Å². The van der Waals surface area contributed by atoms with Crippen molar-refractivity contribution in [3.05, 3.63) is 11.1 Å². The van der Waals surface area contributed by atoms with E-state index in [0.29, 0.717) is 36.0 Å². The fraction of sp³-hybridized carbons (Fsp3) is 0.750. The van der Waals surface area contributed by atoms with Crippen molar-refractivity contribution < 1.29 is 34.0 Å². The normalized spacial score (nSPS) is 31.5. The van der Waals surface area contributed by atoms with Gasteiger partial charge in [0.05, 0.1) is 11.8 Å². The van der Waals surface area contributed by atoms with Gasteiger partial charge in [0.2, 0.25) is 0 Å². The molecule has 1 heterocycles. The Morgan fingerprint density at radius 2 is 1.69 bits per heavy atom. The molecule has 4 bridgehead atoms. The molecule has 4 aliphatic carbocycles. The van der Waals surface area contributed by atoms with E-state index in [-0.39, 0.29) is 36.7 Å². The number of rotatable bonds is 8. The molecule has 1 aromatic heterocycles. The molecule has 8 heteroatoms. The second kappa shape index (κ2) is 8.28. The van der Waals surface area contributed by atoms with Crippen LogP contribution >= 0.6 is 0 Å². The number of ether oxygens (including phenoxy) is 3. The van der Waals surface area contributed by atoms with E-state index in [2.05, 4.69) is 0 Å². The number of nitrogens with zero attached hydrogens (tertiary/aromatic N) is 1. The van der Waals surface area contributed by atoms with Crippen LogP contribution in [0.1, 0.15) is 69.9 Å². The Bertz CT molecular complexity index is 865. The molecular weight excluding hydrogens is 414 g/mol. The highest BCUT2D eigenvalue weighted by Crippen LogP contribution is 2.63. The molecule has 0 saturated heterocycles. The first-order chi connectivity index (χ1) is 15.1. The van der Waals surface area contributed by atoms with Crippen LogP contribution in [0.4, 0.5) is 0 Å². The van der Waals surface area contributed by atoms with E-state index < -0.39 is 17.3 Å². The summed E-state index contributed by atoms with van der Waals surface area (Å²) in [5.74, 6) is 0.0196. The largest absolute Gasteiger partial charge is 0.494 e. The zero-order valence-electron chi connectivity index (χ0n) is 19.5. The predicted octanol–water partition coefficient (Wildman–Crippen LogP) is 3.71. The van der Waals surface area contributed by atoms with Crippen molar-refractivity contribution >= 4 is 11.9 Å². The third-order valence-electron chi connectivity index (χ3n) is 7.73. The zero-order chi connectivity index (χ0) is 23.3. The quantitative estimate of drug-likeness (QED) is 0.460. The lowest BCUT2D eigenvalue weighted by atomic mass is 9.48. The number of carbonyl (C=O) groups excluding carboxylic acids is 2. The maximum atomic E-state index is 13.1. The van der Waals surface area contributed by atoms with Crippen LogP contribution in [-0.4, -0.2) is 45.2 Å². The van der Waals surface area contributed by atoms with Gasteiger partial charge in [-0.1, -0.05) is 0 Å². The van der Waals surface area contributed by atoms with Gasteiger partial charge in [-0.25, -0.2) is 0 Å². The Balaban J connectivity index is 1.44. The topological polar surface area (TPSA) is 107 Å². The van der Waals surface area contributed by atoms with Crippen molar-refractivity contribution in [3.8, 4) is 11.8 Å². The maximum Gasteiger partial charge on any atom is 0.314 e. The van der Waals surface area contributed by atoms with Gasteiger partial charge >= 0.3 is 11.9 Å². The number of hydrogen-bond donors (Lipinski definition) is 2. The molecule has 178 valence electrons. The highest BCUT2D eigenvalue weighted by molar-refractivity contribution is 5.78. The smallest absolute Gasteiger partial charge is 0.314 e. The van der Waals surface area contributed by atoms with Crippen molar-refractivity contribution in [2.45, 2.75) is 91.1 Å². The molecule has 3 atom stereocenters. The first-order valence-electron chi connectivity index (χ1n) is 11.7. The van der Waals surface area contributed by atoms with E-state index in [4.69, 9.17) is 14.2 Å². The van der Waals surface area contributed by atoms with E-state index in [1.54, 1.807) is 20.8 Å². The molecule has 5 rings (SSSR count). The molecule has 3 unspecified atom stereocenters. The maximum absolute atomic E-state index is 13.1. The van der Waals surface area contributed by atoms with Crippen LogP contribution in [0.3, 0.4) is 0 Å². The van der Waals surface area contributed by atoms with E-state index in [1.807, 2.05) is 6.92 Å². The van der Waals surface area contributed by atoms with E-state index in [1.165, 1.54) is 4.57 Å². The second-order valence-corrected chi connectivity index (χ2v) is 10.1. The van der Waals surface area contributed by atoms with Gasteiger partial charge in [-0.2, -0.15) is 0 Å². The third-order valence-corrected chi connectivity index (χ3v) is 7.73. The standard InChI is InChI=1S/C24H35NO7/c1-5-30-16(4)31-22(29)23-9-17-8-18(10-23)12-24(11-17,13-23)32-19(26)6-7-25-20(27)14(2)15(3)21(25)28/h16-18,27-28H,5-13H2,1-4H3. The average Bonchev–Trinajstić information content (AvgIpc) is 2.88. The molecule has 4 fully saturated rings. The molecule has 4 saturated carbocycles. The Morgan fingerprint density at radius 3 is 2.25 bits per heavy atom. The van der Waals surface area contributed by atoms with E-state index in [0.717, 1.165) is 32.1 Å². The van der Waals surface area contributed by atoms with Gasteiger partial charge in [0, 0.05) is 30.7 Å². The number of esters is 2. The molecule has 2 N–H and O–H groups in total. The number of aromatic hydroxyl groups is 2. The van der Waals surface area contributed by atoms with Crippen LogP contribution in [0.25, 0.3) is 0 Å². The summed E-state index contributed by atoms with van der Waals surface area (Å²) < 4.78 is 18.4. The highest BCUT2D eigenvalue weighted by Gasteiger charge is 2.63. The Morgan fingerprint density at radius 1 is 1.09 bits per heavy atom. The average molecular weight is 450 g/mol. The lowest BCUT2D eigenvalue weighted by Gasteiger charge is -2.59. The van der Waals surface area contributed by atoms with Gasteiger partial charge in [0.15, 0.2) is 18.1 Å². The molecule has 0 aliphatic heterocycles. The molecule has 0 spiro atoms. The molecule has 32 heavy (non-hydrogen) atoms. The predicted molar refractivity (Wildman–Crippen MR) is 115 cm³/mol. The Labute approximate surface area is 188 Å². The van der Waals surface area contributed by atoms with Crippen molar-refractivity contribution in [1.29, 1.82) is 0 Å². The number of aromatic nitrogens is 1. The summed E-state index contributed by atoms with van der Waals surface area (Å²) in [5.41, 5.74) is -0.0554. The second-order valence-electron chi connectivity index (χ2n) is 10.1. The molecular formula is C24H35NO7. The lowest BCUT2D eigenvalue weighted by molar-refractivity contribution is -0.224. The molecule has 1 aromatic rings. The third kappa shape index (κ3) is 3.98. The van der Waals surface area contributed by atoms with Gasteiger partial charge in [-0.3, -0.25) is 14.2 Å². The number of carbonyl (C=O) groups is 2. The summed E-state index contributed by atoms with van der Waals surface area (Å²) in [7, 11) is 0. The van der Waals surface area contributed by atoms with Crippen LogP contribution in [0.5, 0.6) is 11.8 Å².